The van der Waals surface area contributed by atoms with Gasteiger partial charge < -0.3 is 15.2 Å². The molecule has 2 heterocycles. The van der Waals surface area contributed by atoms with Crippen LogP contribution in [0.15, 0.2) is 36.8 Å². The Morgan fingerprint density at radius 3 is 2.62 bits per heavy atom. The molecule has 1 fully saturated rings. The molecule has 1 aliphatic carbocycles. The summed E-state index contributed by atoms with van der Waals surface area (Å²) in [6, 6.07) is 5.03. The van der Waals surface area contributed by atoms with Crippen LogP contribution in [0.5, 0.6) is 0 Å². The number of aromatic nitrogens is 2. The first-order chi connectivity index (χ1) is 16.1. The van der Waals surface area contributed by atoms with E-state index < -0.39 is 17.5 Å². The second-order valence-electron chi connectivity index (χ2n) is 9.50. The van der Waals surface area contributed by atoms with Crippen LogP contribution in [0.4, 0.5) is 20.7 Å². The van der Waals surface area contributed by atoms with E-state index in [4.69, 9.17) is 4.74 Å². The number of pyridine rings is 2. The average molecular weight is 467 g/mol. The first kappa shape index (κ1) is 23.6. The minimum absolute atomic E-state index is 0.0284. The lowest BCUT2D eigenvalue weighted by Crippen LogP contribution is -2.27. The lowest BCUT2D eigenvalue weighted by molar-refractivity contribution is -0.117. The van der Waals surface area contributed by atoms with Crippen LogP contribution >= 0.6 is 0 Å². The van der Waals surface area contributed by atoms with E-state index in [-0.39, 0.29) is 35.6 Å². The van der Waals surface area contributed by atoms with E-state index in [1.807, 2.05) is 6.92 Å². The van der Waals surface area contributed by atoms with Gasteiger partial charge in [-0.25, -0.2) is 14.2 Å². The van der Waals surface area contributed by atoms with E-state index in [0.717, 1.165) is 5.56 Å². The molecule has 34 heavy (non-hydrogen) atoms. The van der Waals surface area contributed by atoms with E-state index in [1.165, 1.54) is 6.20 Å². The number of ether oxygens (including phenoxy) is 1. The van der Waals surface area contributed by atoms with Crippen LogP contribution in [-0.4, -0.2) is 39.3 Å². The Kier molecular flexibility index (Phi) is 6.22. The molecular weight excluding hydrogens is 439 g/mol. The van der Waals surface area contributed by atoms with Crippen molar-refractivity contribution in [3.8, 4) is 11.1 Å². The van der Waals surface area contributed by atoms with E-state index in [0.29, 0.717) is 28.6 Å². The number of rotatable bonds is 5. The van der Waals surface area contributed by atoms with E-state index in [2.05, 4.69) is 20.6 Å². The van der Waals surface area contributed by atoms with E-state index in [9.17, 15) is 14.7 Å². The molecule has 0 spiro atoms. The van der Waals surface area contributed by atoms with E-state index in [1.54, 1.807) is 51.4 Å². The molecule has 0 saturated heterocycles. The Balaban J connectivity index is 1.78. The van der Waals surface area contributed by atoms with Crippen molar-refractivity contribution >= 4 is 34.3 Å². The second-order valence-corrected chi connectivity index (χ2v) is 9.50. The fourth-order valence-electron chi connectivity index (χ4n) is 3.80. The van der Waals surface area contributed by atoms with Crippen LogP contribution < -0.4 is 10.6 Å². The number of hydrogen-bond donors (Lipinski definition) is 3. The second kappa shape index (κ2) is 8.98. The van der Waals surface area contributed by atoms with Gasteiger partial charge in [0.1, 0.15) is 11.4 Å². The molecule has 2 aromatic heterocycles. The highest BCUT2D eigenvalue weighted by Crippen LogP contribution is 2.39. The molecule has 3 N–H and O–H groups in total. The van der Waals surface area contributed by atoms with Gasteiger partial charge in [0.15, 0.2) is 5.82 Å². The summed E-state index contributed by atoms with van der Waals surface area (Å²) in [6.45, 7) is 6.96. The molecule has 1 aliphatic rings. The number of anilines is 2. The Morgan fingerprint density at radius 1 is 1.21 bits per heavy atom. The van der Waals surface area contributed by atoms with Crippen LogP contribution in [-0.2, 0) is 9.53 Å². The fraction of sp³-hybridized carbons (Fsp3) is 0.360. The van der Waals surface area contributed by atoms with Crippen molar-refractivity contribution in [1.82, 2.24) is 9.97 Å². The van der Waals surface area contributed by atoms with Crippen LogP contribution in [0.25, 0.3) is 21.9 Å². The molecule has 1 aromatic carbocycles. The number of halogens is 1. The molecule has 0 aliphatic heterocycles. The maximum Gasteiger partial charge on any atom is 0.412 e. The molecular formula is C25H27FN4O4. The molecule has 178 valence electrons. The number of nitrogens with one attached hydrogen (secondary N) is 2. The number of amides is 2. The molecule has 4 rings (SSSR count). The summed E-state index contributed by atoms with van der Waals surface area (Å²) in [5.74, 6) is -0.835. The minimum Gasteiger partial charge on any atom is -0.444 e. The SMILES string of the molecule is Cc1ccncc1-c1cc2cc(NC(=O)[C@@H]3C[C@@H]3CO)ncc2c(NC(=O)OC(C)(C)C)c1F. The highest BCUT2D eigenvalue weighted by molar-refractivity contribution is 6.04. The Labute approximate surface area is 196 Å². The molecule has 2 amide bonds. The van der Waals surface area contributed by atoms with Gasteiger partial charge >= 0.3 is 6.09 Å². The Hall–Kier alpha value is -3.59. The monoisotopic (exact) mass is 466 g/mol. The summed E-state index contributed by atoms with van der Waals surface area (Å²) in [6.07, 6.45) is 4.41. The number of aryl methyl sites for hydroxylation is 1. The molecule has 0 unspecified atom stereocenters. The lowest BCUT2D eigenvalue weighted by atomic mass is 9.98. The van der Waals surface area contributed by atoms with Crippen molar-refractivity contribution in [2.75, 3.05) is 17.2 Å². The smallest absolute Gasteiger partial charge is 0.412 e. The molecule has 2 atom stereocenters. The summed E-state index contributed by atoms with van der Waals surface area (Å²) in [7, 11) is 0. The largest absolute Gasteiger partial charge is 0.444 e. The van der Waals surface area contributed by atoms with Crippen molar-refractivity contribution < 1.29 is 23.8 Å². The molecule has 3 aromatic rings. The number of fused-ring (bicyclic) bond motifs is 1. The molecule has 9 heteroatoms. The highest BCUT2D eigenvalue weighted by Gasteiger charge is 2.42. The van der Waals surface area contributed by atoms with Crippen molar-refractivity contribution in [2.45, 2.75) is 39.7 Å². The van der Waals surface area contributed by atoms with Crippen LogP contribution in [0.1, 0.15) is 32.8 Å². The van der Waals surface area contributed by atoms with Gasteiger partial charge in [0.2, 0.25) is 5.91 Å². The predicted octanol–water partition coefficient (Wildman–Crippen LogP) is 4.66. The van der Waals surface area contributed by atoms with Gasteiger partial charge in [0.25, 0.3) is 0 Å². The summed E-state index contributed by atoms with van der Waals surface area (Å²) in [5.41, 5.74) is 0.787. The van der Waals surface area contributed by atoms with Crippen molar-refractivity contribution in [1.29, 1.82) is 0 Å². The first-order valence-corrected chi connectivity index (χ1v) is 11.0. The first-order valence-electron chi connectivity index (χ1n) is 11.0. The van der Waals surface area contributed by atoms with Crippen LogP contribution in [0.2, 0.25) is 0 Å². The number of hydrogen-bond acceptors (Lipinski definition) is 6. The normalized spacial score (nSPS) is 17.4. The van der Waals surface area contributed by atoms with Gasteiger partial charge in [0.05, 0.1) is 5.69 Å². The summed E-state index contributed by atoms with van der Waals surface area (Å²) < 4.78 is 21.1. The van der Waals surface area contributed by atoms with Gasteiger partial charge in [-0.15, -0.1) is 0 Å². The topological polar surface area (TPSA) is 113 Å². The zero-order valence-corrected chi connectivity index (χ0v) is 19.5. The Bertz CT molecular complexity index is 1270. The highest BCUT2D eigenvalue weighted by atomic mass is 19.1. The third-order valence-electron chi connectivity index (χ3n) is 5.66. The Morgan fingerprint density at radius 2 is 1.97 bits per heavy atom. The third-order valence-corrected chi connectivity index (χ3v) is 5.66. The number of aliphatic hydroxyl groups is 1. The van der Waals surface area contributed by atoms with Crippen molar-refractivity contribution in [3.05, 3.63) is 48.2 Å². The van der Waals surface area contributed by atoms with Crippen molar-refractivity contribution in [2.24, 2.45) is 11.8 Å². The fourth-order valence-corrected chi connectivity index (χ4v) is 3.80. The van der Waals surface area contributed by atoms with E-state index >= 15 is 4.39 Å². The quantitative estimate of drug-likeness (QED) is 0.504. The predicted molar refractivity (Wildman–Crippen MR) is 127 cm³/mol. The average Bonchev–Trinajstić information content (AvgIpc) is 3.55. The number of carbonyl (C=O) groups is 2. The number of aliphatic hydroxyl groups excluding tert-OH is 1. The maximum atomic E-state index is 15.7. The van der Waals surface area contributed by atoms with Gasteiger partial charge in [-0.05, 0) is 69.2 Å². The summed E-state index contributed by atoms with van der Waals surface area (Å²) in [4.78, 5) is 33.2. The van der Waals surface area contributed by atoms with Crippen molar-refractivity contribution in [3.63, 3.8) is 0 Å². The van der Waals surface area contributed by atoms with Gasteiger partial charge in [-0.3, -0.25) is 15.1 Å². The number of nitrogens with zero attached hydrogens (tertiary/aromatic N) is 2. The molecule has 0 bridgehead atoms. The van der Waals surface area contributed by atoms with Gasteiger partial charge in [-0.2, -0.15) is 0 Å². The number of carbonyl (C=O) groups excluding carboxylic acids is 2. The van der Waals surface area contributed by atoms with Crippen LogP contribution in [0, 0.1) is 24.6 Å². The zero-order valence-electron chi connectivity index (χ0n) is 19.5. The number of benzene rings is 1. The third kappa shape index (κ3) is 4.99. The molecule has 0 radical (unpaired) electrons. The minimum atomic E-state index is -0.797. The summed E-state index contributed by atoms with van der Waals surface area (Å²) in [5, 5.41) is 15.4. The molecule has 1 saturated carbocycles. The van der Waals surface area contributed by atoms with Gasteiger partial charge in [-0.1, -0.05) is 0 Å². The lowest BCUT2D eigenvalue weighted by Gasteiger charge is -2.21. The maximum absolute atomic E-state index is 15.7. The zero-order chi connectivity index (χ0) is 24.6. The van der Waals surface area contributed by atoms with Crippen LogP contribution in [0.3, 0.4) is 0 Å². The van der Waals surface area contributed by atoms with Gasteiger partial charge in [0, 0.05) is 47.6 Å². The summed E-state index contributed by atoms with van der Waals surface area (Å²) >= 11 is 0. The molecule has 8 nitrogen and oxygen atoms in total. The standard InChI is InChI=1S/C25H27FN4O4/c1-13-5-6-27-10-18(13)17-7-14-9-20(29-23(32)16-8-15(16)12-31)28-11-19(14)22(21(17)26)30-24(33)34-25(2,3)4/h5-7,9-11,15-16,31H,8,12H2,1-4H3,(H,30,33)(H,28,29,32)/t15-,16-/m1/s1.